The SMILES string of the molecule is CS(=O)(=O)Cc1nc(N)c2c3c(sc2n1)CCCC3. The Hall–Kier alpha value is -1.21. The lowest BCUT2D eigenvalue weighted by molar-refractivity contribution is 0.600. The van der Waals surface area contributed by atoms with Crippen molar-refractivity contribution in [3.05, 3.63) is 16.3 Å². The average molecular weight is 297 g/mol. The number of nitrogen functional groups attached to an aromatic ring is 1. The summed E-state index contributed by atoms with van der Waals surface area (Å²) in [5.41, 5.74) is 7.28. The highest BCUT2D eigenvalue weighted by Gasteiger charge is 2.20. The zero-order valence-corrected chi connectivity index (χ0v) is 12.3. The smallest absolute Gasteiger partial charge is 0.154 e. The second-order valence-corrected chi connectivity index (χ2v) is 8.21. The van der Waals surface area contributed by atoms with E-state index in [0.717, 1.165) is 23.1 Å². The van der Waals surface area contributed by atoms with Crippen molar-refractivity contribution in [2.45, 2.75) is 31.4 Å². The Balaban J connectivity index is 2.16. The maximum Gasteiger partial charge on any atom is 0.154 e. The van der Waals surface area contributed by atoms with Gasteiger partial charge in [0.15, 0.2) is 9.84 Å². The first-order chi connectivity index (χ1) is 8.94. The molecule has 0 aliphatic heterocycles. The number of aryl methyl sites for hydroxylation is 2. The lowest BCUT2D eigenvalue weighted by Gasteiger charge is -2.10. The Kier molecular flexibility index (Phi) is 2.98. The molecule has 0 unspecified atom stereocenters. The highest BCUT2D eigenvalue weighted by Crippen LogP contribution is 2.37. The first-order valence-corrected chi connectivity index (χ1v) is 9.06. The Labute approximate surface area is 115 Å². The summed E-state index contributed by atoms with van der Waals surface area (Å²) in [6, 6.07) is 0. The summed E-state index contributed by atoms with van der Waals surface area (Å²) in [5, 5.41) is 0.942. The van der Waals surface area contributed by atoms with Crippen molar-refractivity contribution in [1.29, 1.82) is 0 Å². The Bertz CT molecular complexity index is 750. The largest absolute Gasteiger partial charge is 0.383 e. The van der Waals surface area contributed by atoms with Gasteiger partial charge in [-0.15, -0.1) is 11.3 Å². The van der Waals surface area contributed by atoms with Gasteiger partial charge in [0.1, 0.15) is 22.2 Å². The molecule has 0 bridgehead atoms. The Morgan fingerprint density at radius 3 is 2.74 bits per heavy atom. The van der Waals surface area contributed by atoms with Crippen molar-refractivity contribution in [1.82, 2.24) is 9.97 Å². The third-order valence-corrected chi connectivity index (χ3v) is 5.25. The van der Waals surface area contributed by atoms with Crippen LogP contribution in [0, 0.1) is 0 Å². The highest BCUT2D eigenvalue weighted by atomic mass is 32.2. The summed E-state index contributed by atoms with van der Waals surface area (Å²) in [6.07, 6.45) is 5.63. The summed E-state index contributed by atoms with van der Waals surface area (Å²) in [6.45, 7) is 0. The Morgan fingerprint density at radius 1 is 1.26 bits per heavy atom. The average Bonchev–Trinajstić information content (AvgIpc) is 2.64. The fourth-order valence-electron chi connectivity index (χ4n) is 2.53. The van der Waals surface area contributed by atoms with Crippen LogP contribution in [0.2, 0.25) is 0 Å². The summed E-state index contributed by atoms with van der Waals surface area (Å²) in [4.78, 5) is 10.7. The summed E-state index contributed by atoms with van der Waals surface area (Å²) in [5.74, 6) is 0.560. The third-order valence-electron chi connectivity index (χ3n) is 3.28. The van der Waals surface area contributed by atoms with Gasteiger partial charge in [-0.05, 0) is 31.2 Å². The van der Waals surface area contributed by atoms with E-state index in [-0.39, 0.29) is 5.75 Å². The molecule has 0 spiro atoms. The molecule has 2 heterocycles. The van der Waals surface area contributed by atoms with Gasteiger partial charge in [-0.3, -0.25) is 0 Å². The molecule has 5 nitrogen and oxygen atoms in total. The number of nitrogens with two attached hydrogens (primary N) is 1. The standard InChI is InChI=1S/C12H15N3O2S2/c1-19(16,17)6-9-14-11(13)10-7-4-2-3-5-8(7)18-12(10)15-9/h2-6H2,1H3,(H2,13,14,15). The van der Waals surface area contributed by atoms with Crippen molar-refractivity contribution >= 4 is 37.2 Å². The maximum atomic E-state index is 11.3. The van der Waals surface area contributed by atoms with Crippen LogP contribution in [0.4, 0.5) is 5.82 Å². The summed E-state index contributed by atoms with van der Waals surface area (Å²) >= 11 is 1.63. The molecule has 2 aromatic rings. The van der Waals surface area contributed by atoms with Gasteiger partial charge in [0.2, 0.25) is 0 Å². The predicted molar refractivity (Wildman–Crippen MR) is 77.0 cm³/mol. The van der Waals surface area contributed by atoms with Gasteiger partial charge in [0.05, 0.1) is 5.39 Å². The van der Waals surface area contributed by atoms with Crippen LogP contribution in [-0.4, -0.2) is 24.6 Å². The molecule has 0 amide bonds. The first kappa shape index (κ1) is 12.8. The van der Waals surface area contributed by atoms with Crippen molar-refractivity contribution < 1.29 is 8.42 Å². The van der Waals surface area contributed by atoms with E-state index in [1.807, 2.05) is 0 Å². The third kappa shape index (κ3) is 2.44. The van der Waals surface area contributed by atoms with Gasteiger partial charge >= 0.3 is 0 Å². The molecule has 0 fully saturated rings. The zero-order chi connectivity index (χ0) is 13.6. The molecule has 102 valence electrons. The lowest BCUT2D eigenvalue weighted by Crippen LogP contribution is -2.07. The van der Waals surface area contributed by atoms with Crippen molar-refractivity contribution in [2.75, 3.05) is 12.0 Å². The van der Waals surface area contributed by atoms with Crippen LogP contribution >= 0.6 is 11.3 Å². The minimum Gasteiger partial charge on any atom is -0.383 e. The van der Waals surface area contributed by atoms with E-state index in [4.69, 9.17) is 5.73 Å². The zero-order valence-electron chi connectivity index (χ0n) is 10.6. The number of nitrogens with zero attached hydrogens (tertiary/aromatic N) is 2. The molecule has 1 aliphatic rings. The van der Waals surface area contributed by atoms with Crippen LogP contribution in [0.25, 0.3) is 10.2 Å². The van der Waals surface area contributed by atoms with E-state index in [2.05, 4.69) is 9.97 Å². The molecule has 2 N–H and O–H groups in total. The minimum absolute atomic E-state index is 0.157. The number of fused-ring (bicyclic) bond motifs is 3. The quantitative estimate of drug-likeness (QED) is 0.911. The van der Waals surface area contributed by atoms with Crippen LogP contribution in [-0.2, 0) is 28.4 Å². The predicted octanol–water partition coefficient (Wildman–Crippen LogP) is 1.70. The molecule has 2 aromatic heterocycles. The van der Waals surface area contributed by atoms with Crippen LogP contribution in [0.3, 0.4) is 0 Å². The number of anilines is 1. The van der Waals surface area contributed by atoms with E-state index < -0.39 is 9.84 Å². The van der Waals surface area contributed by atoms with Crippen molar-refractivity contribution in [3.63, 3.8) is 0 Å². The number of hydrogen-bond acceptors (Lipinski definition) is 6. The molecule has 0 saturated carbocycles. The van der Waals surface area contributed by atoms with Gasteiger partial charge in [0.25, 0.3) is 0 Å². The fourth-order valence-corrected chi connectivity index (χ4v) is 4.42. The topological polar surface area (TPSA) is 85.9 Å². The minimum atomic E-state index is -3.14. The normalized spacial score (nSPS) is 15.6. The van der Waals surface area contributed by atoms with Crippen LogP contribution in [0.15, 0.2) is 0 Å². The van der Waals surface area contributed by atoms with Gasteiger partial charge in [-0.1, -0.05) is 0 Å². The molecule has 7 heteroatoms. The number of sulfone groups is 1. The van der Waals surface area contributed by atoms with Crippen LogP contribution in [0.1, 0.15) is 29.1 Å². The summed E-state index contributed by atoms with van der Waals surface area (Å²) in [7, 11) is -3.14. The van der Waals surface area contributed by atoms with Gasteiger partial charge in [0, 0.05) is 11.1 Å². The number of rotatable bonds is 2. The number of aromatic nitrogens is 2. The molecular weight excluding hydrogens is 282 g/mol. The number of thiophene rings is 1. The van der Waals surface area contributed by atoms with Gasteiger partial charge < -0.3 is 5.73 Å². The molecule has 0 radical (unpaired) electrons. The fraction of sp³-hybridized carbons (Fsp3) is 0.500. The molecular formula is C12H15N3O2S2. The molecule has 19 heavy (non-hydrogen) atoms. The maximum absolute atomic E-state index is 11.3. The van der Waals surface area contributed by atoms with Crippen LogP contribution < -0.4 is 5.73 Å². The molecule has 0 aromatic carbocycles. The lowest BCUT2D eigenvalue weighted by atomic mass is 9.97. The van der Waals surface area contributed by atoms with E-state index in [1.165, 1.54) is 29.5 Å². The summed E-state index contributed by atoms with van der Waals surface area (Å²) < 4.78 is 22.7. The molecule has 3 rings (SSSR count). The van der Waals surface area contributed by atoms with E-state index in [1.54, 1.807) is 11.3 Å². The highest BCUT2D eigenvalue weighted by molar-refractivity contribution is 7.89. The number of hydrogen-bond donors (Lipinski definition) is 1. The molecule has 0 saturated heterocycles. The van der Waals surface area contributed by atoms with E-state index in [0.29, 0.717) is 11.6 Å². The molecule has 1 aliphatic carbocycles. The van der Waals surface area contributed by atoms with Gasteiger partial charge in [-0.25, -0.2) is 18.4 Å². The Morgan fingerprint density at radius 2 is 2.00 bits per heavy atom. The van der Waals surface area contributed by atoms with Gasteiger partial charge in [-0.2, -0.15) is 0 Å². The molecule has 0 atom stereocenters. The second kappa shape index (κ2) is 4.42. The van der Waals surface area contributed by atoms with Crippen LogP contribution in [0.5, 0.6) is 0 Å². The monoisotopic (exact) mass is 297 g/mol. The van der Waals surface area contributed by atoms with Crippen molar-refractivity contribution in [2.24, 2.45) is 0 Å². The second-order valence-electron chi connectivity index (χ2n) is 4.99. The van der Waals surface area contributed by atoms with E-state index in [9.17, 15) is 8.42 Å². The van der Waals surface area contributed by atoms with Crippen molar-refractivity contribution in [3.8, 4) is 0 Å². The van der Waals surface area contributed by atoms with E-state index >= 15 is 0 Å². The first-order valence-electron chi connectivity index (χ1n) is 6.18.